The van der Waals surface area contributed by atoms with E-state index in [9.17, 15) is 9.59 Å². The van der Waals surface area contributed by atoms with Gasteiger partial charge in [0.1, 0.15) is 5.66 Å². The van der Waals surface area contributed by atoms with Gasteiger partial charge >= 0.3 is 5.97 Å². The van der Waals surface area contributed by atoms with Crippen LogP contribution in [0.2, 0.25) is 0 Å². The number of hydrogen-bond donors (Lipinski definition) is 1. The monoisotopic (exact) mass is 418 g/mol. The first-order valence-corrected chi connectivity index (χ1v) is 10.7. The van der Waals surface area contributed by atoms with Gasteiger partial charge in [-0.1, -0.05) is 62.4 Å². The number of fused-ring (bicyclic) bond motifs is 3. The molecule has 0 saturated carbocycles. The lowest BCUT2D eigenvalue weighted by atomic mass is 9.74. The summed E-state index contributed by atoms with van der Waals surface area (Å²) < 4.78 is 4.94. The normalized spacial score (nSPS) is 22.1. The second-order valence-corrected chi connectivity index (χ2v) is 9.43. The summed E-state index contributed by atoms with van der Waals surface area (Å²) in [5.74, 6) is -0.197. The fraction of sp³-hybridized carbons (Fsp3) is 0.385. The summed E-state index contributed by atoms with van der Waals surface area (Å²) in [5, 5.41) is 3.30. The number of carbonyl (C=O) groups is 2. The van der Waals surface area contributed by atoms with Gasteiger partial charge in [-0.2, -0.15) is 0 Å². The summed E-state index contributed by atoms with van der Waals surface area (Å²) >= 11 is 0. The zero-order valence-corrected chi connectivity index (χ0v) is 18.9. The third-order valence-corrected chi connectivity index (χ3v) is 6.98. The van der Waals surface area contributed by atoms with Gasteiger partial charge in [-0.3, -0.25) is 9.59 Å². The van der Waals surface area contributed by atoms with Crippen molar-refractivity contribution in [1.29, 1.82) is 0 Å². The molecule has 0 aliphatic carbocycles. The third-order valence-electron chi connectivity index (χ3n) is 6.98. The number of esters is 1. The highest BCUT2D eigenvalue weighted by Gasteiger charge is 2.57. The van der Waals surface area contributed by atoms with Crippen molar-refractivity contribution < 1.29 is 14.3 Å². The van der Waals surface area contributed by atoms with Crippen LogP contribution in [0.25, 0.3) is 6.08 Å². The van der Waals surface area contributed by atoms with E-state index in [4.69, 9.17) is 4.74 Å². The van der Waals surface area contributed by atoms with Crippen LogP contribution in [-0.2, 0) is 25.2 Å². The molecule has 0 radical (unpaired) electrons. The van der Waals surface area contributed by atoms with Crippen LogP contribution >= 0.6 is 0 Å². The van der Waals surface area contributed by atoms with Crippen molar-refractivity contribution >= 4 is 23.6 Å². The van der Waals surface area contributed by atoms with Crippen LogP contribution in [0, 0.1) is 0 Å². The zero-order chi connectivity index (χ0) is 22.4. The standard InChI is InChI=1S/C26H30N2O3/c1-24(2,23(30)31-5)19-12-10-18(11-13-19)14-16-26-25(3,4)20-8-6-7-9-21(20)28(26)17-15-22(29)27-26/h6-14,16H,15,17H2,1-5H3,(H,27,29)/b16-14+. The number of amides is 1. The van der Waals surface area contributed by atoms with Gasteiger partial charge < -0.3 is 15.0 Å². The maximum atomic E-state index is 12.5. The first-order valence-electron chi connectivity index (χ1n) is 10.7. The number of nitrogens with zero attached hydrogens (tertiary/aromatic N) is 1. The maximum absolute atomic E-state index is 12.5. The quantitative estimate of drug-likeness (QED) is 0.758. The topological polar surface area (TPSA) is 58.6 Å². The van der Waals surface area contributed by atoms with Crippen LogP contribution in [0.4, 0.5) is 5.69 Å². The Hall–Kier alpha value is -3.08. The second-order valence-electron chi connectivity index (χ2n) is 9.43. The Morgan fingerprint density at radius 3 is 2.48 bits per heavy atom. The van der Waals surface area contributed by atoms with E-state index in [-0.39, 0.29) is 17.3 Å². The predicted molar refractivity (Wildman–Crippen MR) is 123 cm³/mol. The highest BCUT2D eigenvalue weighted by molar-refractivity contribution is 5.85. The predicted octanol–water partition coefficient (Wildman–Crippen LogP) is 4.16. The molecule has 1 amide bonds. The van der Waals surface area contributed by atoms with Gasteiger partial charge in [0.15, 0.2) is 0 Å². The van der Waals surface area contributed by atoms with E-state index >= 15 is 0 Å². The fourth-order valence-corrected chi connectivity index (χ4v) is 4.92. The summed E-state index contributed by atoms with van der Waals surface area (Å²) in [6.07, 6.45) is 4.66. The SMILES string of the molecule is COC(=O)C(C)(C)c1ccc(/C=C/C23NC(=O)CCN2c2ccccc2C3(C)C)cc1. The molecule has 1 atom stereocenters. The van der Waals surface area contributed by atoms with E-state index in [1.807, 2.05) is 44.2 Å². The molecule has 1 N–H and O–H groups in total. The van der Waals surface area contributed by atoms with Crippen LogP contribution in [0.3, 0.4) is 0 Å². The Kier molecular flexibility index (Phi) is 4.95. The fourth-order valence-electron chi connectivity index (χ4n) is 4.92. The van der Waals surface area contributed by atoms with Gasteiger partial charge in [0.05, 0.1) is 12.5 Å². The van der Waals surface area contributed by atoms with Gasteiger partial charge in [-0.15, -0.1) is 0 Å². The molecule has 162 valence electrons. The van der Waals surface area contributed by atoms with Crippen LogP contribution in [0.15, 0.2) is 54.6 Å². The highest BCUT2D eigenvalue weighted by Crippen LogP contribution is 2.52. The molecular formula is C26H30N2O3. The van der Waals surface area contributed by atoms with E-state index in [0.717, 1.165) is 11.1 Å². The molecule has 2 heterocycles. The number of nitrogens with one attached hydrogen (secondary N) is 1. The molecule has 2 aromatic rings. The Bertz CT molecular complexity index is 1050. The lowest BCUT2D eigenvalue weighted by Gasteiger charge is -2.49. The first-order chi connectivity index (χ1) is 14.6. The number of carbonyl (C=O) groups excluding carboxylic acids is 2. The maximum Gasteiger partial charge on any atom is 0.315 e. The summed E-state index contributed by atoms with van der Waals surface area (Å²) in [5.41, 5.74) is 2.67. The second kappa shape index (κ2) is 7.26. The third kappa shape index (κ3) is 3.14. The average Bonchev–Trinajstić information content (AvgIpc) is 2.96. The average molecular weight is 419 g/mol. The van der Waals surface area contributed by atoms with Gasteiger partial charge in [-0.25, -0.2) is 0 Å². The Morgan fingerprint density at radius 2 is 1.81 bits per heavy atom. The van der Waals surface area contributed by atoms with E-state index < -0.39 is 11.1 Å². The summed E-state index contributed by atoms with van der Waals surface area (Å²) in [4.78, 5) is 26.9. The van der Waals surface area contributed by atoms with Crippen molar-refractivity contribution in [3.8, 4) is 0 Å². The molecule has 1 unspecified atom stereocenters. The van der Waals surface area contributed by atoms with Gasteiger partial charge in [0.25, 0.3) is 0 Å². The van der Waals surface area contributed by atoms with Gasteiger partial charge in [-0.05, 0) is 42.7 Å². The Morgan fingerprint density at radius 1 is 1.13 bits per heavy atom. The van der Waals surface area contributed by atoms with Crippen LogP contribution < -0.4 is 10.2 Å². The number of methoxy groups -OCH3 is 1. The molecule has 4 rings (SSSR count). The molecule has 2 aliphatic rings. The minimum absolute atomic E-state index is 0.0666. The van der Waals surface area contributed by atoms with Crippen molar-refractivity contribution in [2.75, 3.05) is 18.6 Å². The van der Waals surface area contributed by atoms with Crippen LogP contribution in [0.1, 0.15) is 50.8 Å². The molecule has 31 heavy (non-hydrogen) atoms. The number of ether oxygens (including phenoxy) is 1. The van der Waals surface area contributed by atoms with E-state index in [1.54, 1.807) is 0 Å². The zero-order valence-electron chi connectivity index (χ0n) is 18.9. The van der Waals surface area contributed by atoms with E-state index in [0.29, 0.717) is 13.0 Å². The number of para-hydroxylation sites is 1. The molecule has 0 spiro atoms. The largest absolute Gasteiger partial charge is 0.468 e. The van der Waals surface area contributed by atoms with Crippen molar-refractivity contribution in [2.24, 2.45) is 0 Å². The molecule has 1 fully saturated rings. The molecule has 0 aromatic heterocycles. The summed E-state index contributed by atoms with van der Waals surface area (Å²) in [6.45, 7) is 8.77. The molecule has 1 saturated heterocycles. The Labute approximate surface area is 184 Å². The number of hydrogen-bond acceptors (Lipinski definition) is 4. The summed E-state index contributed by atoms with van der Waals surface area (Å²) in [7, 11) is 1.41. The summed E-state index contributed by atoms with van der Waals surface area (Å²) in [6, 6.07) is 16.3. The molecule has 0 bridgehead atoms. The minimum atomic E-state index is -0.709. The lowest BCUT2D eigenvalue weighted by molar-refractivity contribution is -0.146. The van der Waals surface area contributed by atoms with E-state index in [1.165, 1.54) is 18.4 Å². The first kappa shape index (κ1) is 21.2. The number of benzene rings is 2. The number of anilines is 1. The van der Waals surface area contributed by atoms with Crippen LogP contribution in [0.5, 0.6) is 0 Å². The Balaban J connectivity index is 1.70. The minimum Gasteiger partial charge on any atom is -0.468 e. The molecule has 5 nitrogen and oxygen atoms in total. The molecule has 5 heteroatoms. The van der Waals surface area contributed by atoms with Crippen molar-refractivity contribution in [2.45, 2.75) is 50.6 Å². The van der Waals surface area contributed by atoms with Gasteiger partial charge in [0, 0.05) is 24.1 Å². The van der Waals surface area contributed by atoms with E-state index in [2.05, 4.69) is 54.4 Å². The highest BCUT2D eigenvalue weighted by atomic mass is 16.5. The number of rotatable bonds is 4. The molecule has 2 aromatic carbocycles. The lowest BCUT2D eigenvalue weighted by Crippen LogP contribution is -2.68. The van der Waals surface area contributed by atoms with Crippen LogP contribution in [-0.4, -0.2) is 31.2 Å². The van der Waals surface area contributed by atoms with Crippen molar-refractivity contribution in [3.63, 3.8) is 0 Å². The van der Waals surface area contributed by atoms with Crippen molar-refractivity contribution in [3.05, 3.63) is 71.3 Å². The smallest absolute Gasteiger partial charge is 0.315 e. The molecule has 2 aliphatic heterocycles. The van der Waals surface area contributed by atoms with Gasteiger partial charge in [0.2, 0.25) is 5.91 Å². The van der Waals surface area contributed by atoms with Crippen molar-refractivity contribution in [1.82, 2.24) is 5.32 Å². The molecular weight excluding hydrogens is 388 g/mol.